The molecule has 5 heteroatoms. The minimum Gasteiger partial charge on any atom is -0.373 e. The van der Waals surface area contributed by atoms with Gasteiger partial charge in [-0.15, -0.1) is 0 Å². The summed E-state index contributed by atoms with van der Waals surface area (Å²) in [5.74, 6) is 0.210. The molecule has 0 aliphatic heterocycles. The van der Waals surface area contributed by atoms with Gasteiger partial charge < -0.3 is 10.2 Å². The van der Waals surface area contributed by atoms with Crippen LogP contribution >= 0.6 is 0 Å². The van der Waals surface area contributed by atoms with E-state index in [1.54, 1.807) is 12.1 Å². The third-order valence-electron chi connectivity index (χ3n) is 2.81. The van der Waals surface area contributed by atoms with Gasteiger partial charge in [0, 0.05) is 25.8 Å². The Labute approximate surface area is 110 Å². The molecule has 0 aliphatic rings. The van der Waals surface area contributed by atoms with E-state index in [0.29, 0.717) is 11.3 Å². The van der Waals surface area contributed by atoms with Crippen LogP contribution in [0.4, 0.5) is 5.69 Å². The number of likely N-dealkylation sites (N-methyl/N-ethyl adjacent to an activating group) is 2. The number of benzene rings is 1. The SMILES string of the molecule is CCCS(=O)(=O)c1ccc(N(C)CCNC)cc1. The number of nitrogens with zero attached hydrogens (tertiary/aromatic N) is 1. The zero-order valence-corrected chi connectivity index (χ0v) is 12.1. The van der Waals surface area contributed by atoms with Crippen molar-refractivity contribution in [3.05, 3.63) is 24.3 Å². The molecular weight excluding hydrogens is 248 g/mol. The van der Waals surface area contributed by atoms with Crippen molar-refractivity contribution in [3.8, 4) is 0 Å². The molecule has 0 aliphatic carbocycles. The molecule has 0 saturated carbocycles. The van der Waals surface area contributed by atoms with E-state index in [1.807, 2.05) is 33.2 Å². The van der Waals surface area contributed by atoms with Crippen LogP contribution in [-0.2, 0) is 9.84 Å². The van der Waals surface area contributed by atoms with Crippen LogP contribution in [0.1, 0.15) is 13.3 Å². The van der Waals surface area contributed by atoms with Gasteiger partial charge in [0.25, 0.3) is 0 Å². The molecule has 0 saturated heterocycles. The predicted molar refractivity (Wildman–Crippen MR) is 76.0 cm³/mol. The van der Waals surface area contributed by atoms with Crippen molar-refractivity contribution in [1.82, 2.24) is 5.32 Å². The summed E-state index contributed by atoms with van der Waals surface area (Å²) < 4.78 is 23.7. The van der Waals surface area contributed by atoms with Crippen molar-refractivity contribution in [2.75, 3.05) is 37.8 Å². The molecule has 1 rings (SSSR count). The Hall–Kier alpha value is -1.07. The van der Waals surface area contributed by atoms with E-state index >= 15 is 0 Å². The van der Waals surface area contributed by atoms with Crippen molar-refractivity contribution in [3.63, 3.8) is 0 Å². The molecular formula is C13H22N2O2S. The van der Waals surface area contributed by atoms with Gasteiger partial charge in [-0.05, 0) is 37.7 Å². The van der Waals surface area contributed by atoms with Crippen molar-refractivity contribution < 1.29 is 8.42 Å². The van der Waals surface area contributed by atoms with Gasteiger partial charge in [-0.2, -0.15) is 0 Å². The van der Waals surface area contributed by atoms with E-state index in [4.69, 9.17) is 0 Å². The highest BCUT2D eigenvalue weighted by atomic mass is 32.2. The maximum absolute atomic E-state index is 11.9. The van der Waals surface area contributed by atoms with Crippen molar-refractivity contribution in [2.45, 2.75) is 18.2 Å². The zero-order chi connectivity index (χ0) is 13.6. The number of anilines is 1. The normalized spacial score (nSPS) is 11.5. The van der Waals surface area contributed by atoms with Crippen LogP contribution < -0.4 is 10.2 Å². The highest BCUT2D eigenvalue weighted by molar-refractivity contribution is 7.91. The molecule has 0 aromatic heterocycles. The molecule has 4 nitrogen and oxygen atoms in total. The first-order chi connectivity index (χ1) is 8.51. The van der Waals surface area contributed by atoms with Crippen molar-refractivity contribution >= 4 is 15.5 Å². The van der Waals surface area contributed by atoms with E-state index in [9.17, 15) is 8.42 Å². The molecule has 0 unspecified atom stereocenters. The molecule has 0 radical (unpaired) electrons. The largest absolute Gasteiger partial charge is 0.373 e. The van der Waals surface area contributed by atoms with Crippen LogP contribution in [0.3, 0.4) is 0 Å². The molecule has 0 fully saturated rings. The van der Waals surface area contributed by atoms with Crippen LogP contribution in [0.2, 0.25) is 0 Å². The lowest BCUT2D eigenvalue weighted by Gasteiger charge is -2.19. The molecule has 1 aromatic rings. The predicted octanol–water partition coefficient (Wildman–Crippen LogP) is 1.53. The lowest BCUT2D eigenvalue weighted by molar-refractivity contribution is 0.594. The summed E-state index contributed by atoms with van der Waals surface area (Å²) in [5, 5.41) is 3.08. The van der Waals surface area contributed by atoms with Gasteiger partial charge >= 0.3 is 0 Å². The highest BCUT2D eigenvalue weighted by Gasteiger charge is 2.12. The van der Waals surface area contributed by atoms with E-state index in [-0.39, 0.29) is 5.75 Å². The first kappa shape index (κ1) is 15.0. The standard InChI is InChI=1S/C13H22N2O2S/c1-4-11-18(16,17)13-7-5-12(6-8-13)15(3)10-9-14-2/h5-8,14H,4,9-11H2,1-3H3. The maximum Gasteiger partial charge on any atom is 0.178 e. The first-order valence-electron chi connectivity index (χ1n) is 6.20. The summed E-state index contributed by atoms with van der Waals surface area (Å²) in [6.07, 6.45) is 0.645. The van der Waals surface area contributed by atoms with E-state index in [1.165, 1.54) is 0 Å². The van der Waals surface area contributed by atoms with Crippen LogP contribution in [0, 0.1) is 0 Å². The van der Waals surface area contributed by atoms with Crippen molar-refractivity contribution in [1.29, 1.82) is 0 Å². The van der Waals surface area contributed by atoms with Crippen LogP contribution in [0.25, 0.3) is 0 Å². The summed E-state index contributed by atoms with van der Waals surface area (Å²) in [4.78, 5) is 2.50. The van der Waals surface area contributed by atoms with E-state index in [2.05, 4.69) is 10.2 Å². The maximum atomic E-state index is 11.9. The Morgan fingerprint density at radius 2 is 1.83 bits per heavy atom. The fourth-order valence-electron chi connectivity index (χ4n) is 1.70. The second-order valence-corrected chi connectivity index (χ2v) is 6.45. The molecule has 1 N–H and O–H groups in total. The molecule has 0 heterocycles. The Morgan fingerprint density at radius 1 is 1.22 bits per heavy atom. The van der Waals surface area contributed by atoms with Crippen LogP contribution in [0.15, 0.2) is 29.2 Å². The topological polar surface area (TPSA) is 49.4 Å². The highest BCUT2D eigenvalue weighted by Crippen LogP contribution is 2.18. The Balaban J connectivity index is 2.80. The Bertz CT molecular complexity index is 454. The number of rotatable bonds is 7. The zero-order valence-electron chi connectivity index (χ0n) is 11.3. The Morgan fingerprint density at radius 3 is 2.33 bits per heavy atom. The monoisotopic (exact) mass is 270 g/mol. The molecule has 18 heavy (non-hydrogen) atoms. The molecule has 0 atom stereocenters. The first-order valence-corrected chi connectivity index (χ1v) is 7.85. The van der Waals surface area contributed by atoms with Crippen LogP contribution in [0.5, 0.6) is 0 Å². The smallest absolute Gasteiger partial charge is 0.178 e. The molecule has 0 bridgehead atoms. The number of sulfone groups is 1. The third-order valence-corrected chi connectivity index (χ3v) is 4.74. The molecule has 0 amide bonds. The second kappa shape index (κ2) is 6.75. The quantitative estimate of drug-likeness (QED) is 0.816. The van der Waals surface area contributed by atoms with Gasteiger partial charge in [-0.25, -0.2) is 8.42 Å². The summed E-state index contributed by atoms with van der Waals surface area (Å²) in [6.45, 7) is 3.65. The second-order valence-electron chi connectivity index (χ2n) is 4.34. The fraction of sp³-hybridized carbons (Fsp3) is 0.538. The van der Waals surface area contributed by atoms with Gasteiger partial charge in [0.1, 0.15) is 0 Å². The van der Waals surface area contributed by atoms with Gasteiger partial charge in [-0.3, -0.25) is 0 Å². The number of hydrogen-bond donors (Lipinski definition) is 1. The van der Waals surface area contributed by atoms with Crippen LogP contribution in [-0.4, -0.2) is 41.4 Å². The number of nitrogens with one attached hydrogen (secondary N) is 1. The van der Waals surface area contributed by atoms with E-state index < -0.39 is 9.84 Å². The lowest BCUT2D eigenvalue weighted by atomic mass is 10.3. The van der Waals surface area contributed by atoms with Crippen molar-refractivity contribution in [2.24, 2.45) is 0 Å². The summed E-state index contributed by atoms with van der Waals surface area (Å²) in [6, 6.07) is 7.10. The third kappa shape index (κ3) is 3.99. The van der Waals surface area contributed by atoms with Gasteiger partial charge in [0.05, 0.1) is 10.6 Å². The summed E-state index contributed by atoms with van der Waals surface area (Å²) in [7, 11) is 0.803. The lowest BCUT2D eigenvalue weighted by Crippen LogP contribution is -2.26. The molecule has 0 spiro atoms. The fourth-order valence-corrected chi connectivity index (χ4v) is 3.03. The average molecular weight is 270 g/mol. The van der Waals surface area contributed by atoms with E-state index in [0.717, 1.165) is 18.8 Å². The minimum atomic E-state index is -3.10. The molecule has 1 aromatic carbocycles. The van der Waals surface area contributed by atoms with Gasteiger partial charge in [-0.1, -0.05) is 6.92 Å². The summed E-state index contributed by atoms with van der Waals surface area (Å²) in [5.41, 5.74) is 1.03. The number of hydrogen-bond acceptors (Lipinski definition) is 4. The van der Waals surface area contributed by atoms with Gasteiger partial charge in [0.15, 0.2) is 9.84 Å². The van der Waals surface area contributed by atoms with Gasteiger partial charge in [0.2, 0.25) is 0 Å². The average Bonchev–Trinajstić information content (AvgIpc) is 2.36. The summed E-state index contributed by atoms with van der Waals surface area (Å²) >= 11 is 0. The Kier molecular flexibility index (Phi) is 5.62. The molecule has 102 valence electrons. The minimum absolute atomic E-state index is 0.210.